The molecule has 1 unspecified atom stereocenters. The van der Waals surface area contributed by atoms with E-state index in [4.69, 9.17) is 0 Å². The first-order valence-corrected chi connectivity index (χ1v) is 13.8. The molecular formula is C27H25FN6O3S. The van der Waals surface area contributed by atoms with Crippen LogP contribution in [0.25, 0.3) is 11.8 Å². The van der Waals surface area contributed by atoms with E-state index in [0.717, 1.165) is 16.8 Å². The van der Waals surface area contributed by atoms with Crippen molar-refractivity contribution < 1.29 is 17.6 Å². The molecular weight excluding hydrogens is 507 g/mol. The second-order valence-electron chi connectivity index (χ2n) is 9.54. The fourth-order valence-corrected chi connectivity index (χ4v) is 6.81. The van der Waals surface area contributed by atoms with E-state index < -0.39 is 15.4 Å². The van der Waals surface area contributed by atoms with E-state index in [1.807, 2.05) is 13.0 Å². The molecule has 194 valence electrons. The molecule has 0 bridgehead atoms. The molecule has 1 fully saturated rings. The van der Waals surface area contributed by atoms with Gasteiger partial charge in [0.1, 0.15) is 16.4 Å². The quantitative estimate of drug-likeness (QED) is 0.352. The van der Waals surface area contributed by atoms with E-state index >= 15 is 0 Å². The maximum atomic E-state index is 14.1. The molecule has 4 aromatic rings. The van der Waals surface area contributed by atoms with Gasteiger partial charge in [0.25, 0.3) is 0 Å². The molecule has 4 heterocycles. The van der Waals surface area contributed by atoms with Gasteiger partial charge in [0.2, 0.25) is 10.0 Å². The molecule has 1 aliphatic carbocycles. The lowest BCUT2D eigenvalue weighted by atomic mass is 9.65. The van der Waals surface area contributed by atoms with E-state index in [2.05, 4.69) is 15.2 Å². The van der Waals surface area contributed by atoms with Gasteiger partial charge in [0.05, 0.1) is 29.2 Å². The van der Waals surface area contributed by atoms with Crippen LogP contribution < -0.4 is 0 Å². The molecule has 1 aromatic carbocycles. The summed E-state index contributed by atoms with van der Waals surface area (Å²) in [6.07, 6.45) is 8.69. The summed E-state index contributed by atoms with van der Waals surface area (Å²) in [6.45, 7) is 2.64. The third-order valence-corrected chi connectivity index (χ3v) is 9.15. The molecule has 38 heavy (non-hydrogen) atoms. The smallest absolute Gasteiger partial charge is 0.246 e. The van der Waals surface area contributed by atoms with Gasteiger partial charge in [-0.3, -0.25) is 14.5 Å². The monoisotopic (exact) mass is 532 g/mol. The molecule has 0 spiro atoms. The molecule has 0 radical (unpaired) electrons. The van der Waals surface area contributed by atoms with Gasteiger partial charge in [-0.2, -0.15) is 14.5 Å². The largest absolute Gasteiger partial charge is 0.291 e. The number of carbonyl (C=O) groups excluding carboxylic acids is 1. The summed E-state index contributed by atoms with van der Waals surface area (Å²) in [5.74, 6) is -0.570. The number of ketones is 1. The predicted molar refractivity (Wildman–Crippen MR) is 137 cm³/mol. The number of sulfonamides is 1. The minimum atomic E-state index is -3.88. The first-order valence-electron chi connectivity index (χ1n) is 12.3. The van der Waals surface area contributed by atoms with Gasteiger partial charge in [0, 0.05) is 32.0 Å². The fraction of sp³-hybridized carbons (Fsp3) is 0.259. The van der Waals surface area contributed by atoms with Crippen molar-refractivity contribution in [2.45, 2.75) is 31.2 Å². The lowest BCUT2D eigenvalue weighted by molar-refractivity contribution is 0.0770. The number of pyridine rings is 1. The van der Waals surface area contributed by atoms with Crippen molar-refractivity contribution in [1.29, 1.82) is 0 Å². The Morgan fingerprint density at radius 3 is 2.63 bits per heavy atom. The van der Waals surface area contributed by atoms with E-state index in [1.54, 1.807) is 52.1 Å². The number of aromatic nitrogens is 5. The summed E-state index contributed by atoms with van der Waals surface area (Å²) < 4.78 is 45.5. The van der Waals surface area contributed by atoms with Crippen LogP contribution in [0.3, 0.4) is 0 Å². The summed E-state index contributed by atoms with van der Waals surface area (Å²) in [5, 5.41) is 8.66. The molecule has 9 nitrogen and oxygen atoms in total. The van der Waals surface area contributed by atoms with E-state index in [9.17, 15) is 17.6 Å². The number of nitrogens with zero attached hydrogens (tertiary/aromatic N) is 6. The van der Waals surface area contributed by atoms with E-state index in [1.165, 1.54) is 28.8 Å². The lowest BCUT2D eigenvalue weighted by Crippen LogP contribution is -2.53. The SMILES string of the molecule is CCn1cc(S(=O)(=O)N2CCC3=Cc4c(cnn4-c4ccc(F)cc4)CC3(C(=O)c3ccccn3)C2)cn1. The van der Waals surface area contributed by atoms with Crippen LogP contribution in [0, 0.1) is 11.2 Å². The second kappa shape index (κ2) is 9.10. The first-order chi connectivity index (χ1) is 18.3. The average molecular weight is 533 g/mol. The molecule has 1 aliphatic heterocycles. The van der Waals surface area contributed by atoms with Crippen LogP contribution >= 0.6 is 0 Å². The van der Waals surface area contributed by atoms with E-state index in [0.29, 0.717) is 18.7 Å². The highest BCUT2D eigenvalue weighted by Crippen LogP contribution is 2.47. The van der Waals surface area contributed by atoms with Crippen LogP contribution in [-0.2, 0) is 23.0 Å². The number of halogens is 1. The van der Waals surface area contributed by atoms with Gasteiger partial charge in [-0.15, -0.1) is 0 Å². The molecule has 1 saturated heterocycles. The highest BCUT2D eigenvalue weighted by molar-refractivity contribution is 7.89. The summed E-state index contributed by atoms with van der Waals surface area (Å²) in [4.78, 5) is 18.5. The number of rotatable bonds is 6. The van der Waals surface area contributed by atoms with Crippen LogP contribution in [0.4, 0.5) is 4.39 Å². The summed E-state index contributed by atoms with van der Waals surface area (Å²) in [5.41, 5.74) is 2.29. The molecule has 0 N–H and O–H groups in total. The molecule has 1 atom stereocenters. The number of fused-ring (bicyclic) bond motifs is 2. The minimum absolute atomic E-state index is 0.0188. The first kappa shape index (κ1) is 24.4. The van der Waals surface area contributed by atoms with Crippen molar-refractivity contribution in [3.8, 4) is 5.69 Å². The molecule has 0 amide bonds. The zero-order chi connectivity index (χ0) is 26.5. The molecule has 2 aliphatic rings. The number of carbonyl (C=O) groups is 1. The van der Waals surface area contributed by atoms with Crippen LogP contribution in [0.15, 0.2) is 77.7 Å². The molecule has 0 saturated carbocycles. The number of hydrogen-bond donors (Lipinski definition) is 0. The molecule has 3 aromatic heterocycles. The predicted octanol–water partition coefficient (Wildman–Crippen LogP) is 3.53. The maximum Gasteiger partial charge on any atom is 0.246 e. The highest BCUT2D eigenvalue weighted by atomic mass is 32.2. The second-order valence-corrected chi connectivity index (χ2v) is 11.5. The Morgan fingerprint density at radius 2 is 1.92 bits per heavy atom. The van der Waals surface area contributed by atoms with Crippen LogP contribution in [-0.4, -0.2) is 56.1 Å². The van der Waals surface area contributed by atoms with E-state index in [-0.39, 0.29) is 41.7 Å². The Kier molecular flexibility index (Phi) is 5.84. The Bertz CT molecular complexity index is 1660. The Hall–Kier alpha value is -3.96. The highest BCUT2D eigenvalue weighted by Gasteiger charge is 2.51. The zero-order valence-corrected chi connectivity index (χ0v) is 21.5. The Morgan fingerprint density at radius 1 is 1.11 bits per heavy atom. The van der Waals surface area contributed by atoms with Gasteiger partial charge >= 0.3 is 0 Å². The van der Waals surface area contributed by atoms with Crippen LogP contribution in [0.1, 0.15) is 35.1 Å². The summed E-state index contributed by atoms with van der Waals surface area (Å²) in [7, 11) is -3.88. The Labute approximate surface area is 219 Å². The topological polar surface area (TPSA) is 103 Å². The van der Waals surface area contributed by atoms with Crippen molar-refractivity contribution in [3.63, 3.8) is 0 Å². The average Bonchev–Trinajstić information content (AvgIpc) is 3.59. The van der Waals surface area contributed by atoms with Crippen molar-refractivity contribution in [3.05, 3.63) is 95.6 Å². The summed E-state index contributed by atoms with van der Waals surface area (Å²) >= 11 is 0. The van der Waals surface area contributed by atoms with Crippen molar-refractivity contribution in [2.24, 2.45) is 5.41 Å². The minimum Gasteiger partial charge on any atom is -0.291 e. The van der Waals surface area contributed by atoms with Crippen molar-refractivity contribution in [1.82, 2.24) is 28.9 Å². The summed E-state index contributed by atoms with van der Waals surface area (Å²) in [6, 6.07) is 11.2. The van der Waals surface area contributed by atoms with Gasteiger partial charge in [-0.05, 0) is 67.8 Å². The number of aryl methyl sites for hydroxylation is 1. The van der Waals surface area contributed by atoms with Crippen LogP contribution in [0.2, 0.25) is 0 Å². The third kappa shape index (κ3) is 3.89. The number of hydrogen-bond acceptors (Lipinski definition) is 6. The lowest BCUT2D eigenvalue weighted by Gasteiger charge is -2.44. The van der Waals surface area contributed by atoms with Gasteiger partial charge in [-0.25, -0.2) is 17.5 Å². The fourth-order valence-electron chi connectivity index (χ4n) is 5.35. The van der Waals surface area contributed by atoms with Gasteiger partial charge in [-0.1, -0.05) is 11.6 Å². The number of benzene rings is 1. The van der Waals surface area contributed by atoms with Crippen LogP contribution in [0.5, 0.6) is 0 Å². The molecule has 6 rings (SSSR count). The molecule has 11 heteroatoms. The maximum absolute atomic E-state index is 14.1. The van der Waals surface area contributed by atoms with Crippen molar-refractivity contribution >= 4 is 21.9 Å². The number of Topliss-reactive ketones (excluding diaryl/α,β-unsaturated/α-hetero) is 1. The zero-order valence-electron chi connectivity index (χ0n) is 20.7. The Balaban J connectivity index is 1.44. The van der Waals surface area contributed by atoms with Gasteiger partial charge in [0.15, 0.2) is 5.78 Å². The van der Waals surface area contributed by atoms with Crippen molar-refractivity contribution in [2.75, 3.05) is 13.1 Å². The third-order valence-electron chi connectivity index (χ3n) is 7.36. The standard InChI is InChI=1S/C27H25FN6O3S/c1-2-32-17-23(16-30-32)38(36,37)33-12-10-20-13-25-19(15-31-34(25)22-8-6-21(28)7-9-22)14-27(20,18-33)26(35)24-5-3-4-11-29-24/h3-9,11,13,15-17H,2,10,12,14,18H2,1H3. The van der Waals surface area contributed by atoms with Gasteiger partial charge < -0.3 is 0 Å². The normalized spacial score (nSPS) is 19.5. The number of piperidine rings is 1.